The van der Waals surface area contributed by atoms with Crippen LogP contribution in [0.25, 0.3) is 39.3 Å². The van der Waals surface area contributed by atoms with Crippen LogP contribution in [0.4, 0.5) is 5.82 Å². The number of likely N-dealkylation sites (tertiary alicyclic amines) is 1. The van der Waals surface area contributed by atoms with E-state index in [2.05, 4.69) is 43.4 Å². The number of methoxy groups -OCH3 is 2. The second-order valence-corrected chi connectivity index (χ2v) is 13.3. The number of carbonyl (C=O) groups excluding carboxylic acids is 2. The Bertz CT molecular complexity index is 2120. The van der Waals surface area contributed by atoms with E-state index in [1.807, 2.05) is 54.4 Å². The van der Waals surface area contributed by atoms with Crippen LogP contribution in [-0.4, -0.2) is 105 Å². The Kier molecular flexibility index (Phi) is 8.06. The van der Waals surface area contributed by atoms with Crippen LogP contribution in [0.5, 0.6) is 11.5 Å². The summed E-state index contributed by atoms with van der Waals surface area (Å²) in [6, 6.07) is 17.7. The van der Waals surface area contributed by atoms with Crippen molar-refractivity contribution >= 4 is 34.2 Å². The van der Waals surface area contributed by atoms with Crippen molar-refractivity contribution < 1.29 is 19.1 Å². The molecule has 6 heterocycles. The van der Waals surface area contributed by atoms with Crippen molar-refractivity contribution in [3.8, 4) is 34.1 Å². The molecular weight excluding hydrogens is 634 g/mol. The van der Waals surface area contributed by atoms with Gasteiger partial charge < -0.3 is 14.4 Å². The minimum absolute atomic E-state index is 0.0749. The number of nitrogens with zero attached hydrogens (tertiary/aromatic N) is 8. The molecule has 3 aliphatic rings. The first-order valence-electron chi connectivity index (χ1n) is 16.9. The van der Waals surface area contributed by atoms with Gasteiger partial charge >= 0.3 is 0 Å². The van der Waals surface area contributed by atoms with Crippen LogP contribution in [0.15, 0.2) is 67.0 Å². The van der Waals surface area contributed by atoms with Gasteiger partial charge in [0.05, 0.1) is 31.7 Å². The van der Waals surface area contributed by atoms with Gasteiger partial charge in [0.25, 0.3) is 0 Å². The van der Waals surface area contributed by atoms with E-state index in [1.165, 1.54) is 5.57 Å². The molecule has 2 amide bonds. The molecule has 3 aliphatic heterocycles. The van der Waals surface area contributed by atoms with Gasteiger partial charge in [-0.1, -0.05) is 30.3 Å². The van der Waals surface area contributed by atoms with E-state index in [-0.39, 0.29) is 11.8 Å². The Hall–Kier alpha value is -5.56. The number of aryl methyl sites for hydroxylation is 1. The molecule has 2 fully saturated rings. The topological polar surface area (TPSA) is 135 Å². The average molecular weight is 674 g/mol. The predicted molar refractivity (Wildman–Crippen MR) is 189 cm³/mol. The number of H-pyrrole nitrogens is 1. The Morgan fingerprint density at radius 1 is 0.940 bits per heavy atom. The fourth-order valence-electron chi connectivity index (χ4n) is 7.49. The van der Waals surface area contributed by atoms with E-state index in [4.69, 9.17) is 14.5 Å². The number of pyridine rings is 1. The largest absolute Gasteiger partial charge is 0.493 e. The number of amides is 2. The Morgan fingerprint density at radius 2 is 1.72 bits per heavy atom. The highest BCUT2D eigenvalue weighted by atomic mass is 16.5. The summed E-state index contributed by atoms with van der Waals surface area (Å²) in [5.74, 6) is 2.72. The lowest BCUT2D eigenvalue weighted by Crippen LogP contribution is -2.43. The second kappa shape index (κ2) is 12.7. The summed E-state index contributed by atoms with van der Waals surface area (Å²) in [7, 11) is 5.05. The third kappa shape index (κ3) is 5.66. The van der Waals surface area contributed by atoms with Crippen molar-refractivity contribution in [1.29, 1.82) is 0 Å². The molecule has 0 unspecified atom stereocenters. The summed E-state index contributed by atoms with van der Waals surface area (Å²) < 4.78 is 12.6. The standard InChI is InChI=1S/C37H39N9O4/c1-43-23-38-35(42-43)26-6-4-24(5-7-26)25-12-16-45(17-13-25)32(47)21-44-18-14-37(22-44)15-19-46(36(37)48)31-11-9-28-34(39-31)33(41-40-28)27-8-10-29(49-2)30(20-27)50-3/h4-12,20,23H,13-19,21-22H2,1-3H3,(H,40,41)/t37-/m0/s1. The molecule has 1 N–H and O–H groups in total. The van der Waals surface area contributed by atoms with Gasteiger partial charge in [0.1, 0.15) is 23.4 Å². The molecule has 8 rings (SSSR count). The number of benzene rings is 2. The van der Waals surface area contributed by atoms with Gasteiger partial charge in [0, 0.05) is 44.4 Å². The van der Waals surface area contributed by atoms with Crippen LogP contribution >= 0.6 is 0 Å². The molecule has 3 aromatic heterocycles. The first-order chi connectivity index (χ1) is 24.3. The van der Waals surface area contributed by atoms with Gasteiger partial charge in [-0.05, 0) is 67.3 Å². The molecule has 50 heavy (non-hydrogen) atoms. The predicted octanol–water partition coefficient (Wildman–Crippen LogP) is 4.18. The minimum atomic E-state index is -0.509. The maximum Gasteiger partial charge on any atom is 0.237 e. The SMILES string of the molecule is COc1ccc(-c2n[nH]c3ccc(N4CC[C@]5(CCN(CC(=O)N6CC=C(c7ccc(-c8ncn(C)n8)cc7)CC6)C5)C4=O)nc23)cc1OC. The summed E-state index contributed by atoms with van der Waals surface area (Å²) in [5.41, 5.74) is 5.82. The molecule has 5 aromatic rings. The minimum Gasteiger partial charge on any atom is -0.493 e. The van der Waals surface area contributed by atoms with Gasteiger partial charge in [-0.3, -0.25) is 29.2 Å². The summed E-state index contributed by atoms with van der Waals surface area (Å²) in [4.78, 5) is 42.5. The van der Waals surface area contributed by atoms with E-state index in [9.17, 15) is 9.59 Å². The highest BCUT2D eigenvalue weighted by Gasteiger charge is 2.51. The molecule has 0 aliphatic carbocycles. The third-order valence-electron chi connectivity index (χ3n) is 10.3. The van der Waals surface area contributed by atoms with Crippen molar-refractivity contribution in [3.63, 3.8) is 0 Å². The Morgan fingerprint density at radius 3 is 2.46 bits per heavy atom. The zero-order valence-corrected chi connectivity index (χ0v) is 28.4. The lowest BCUT2D eigenvalue weighted by molar-refractivity contribution is -0.132. The Balaban J connectivity index is 0.902. The van der Waals surface area contributed by atoms with Gasteiger partial charge in [-0.25, -0.2) is 9.97 Å². The summed E-state index contributed by atoms with van der Waals surface area (Å²) in [5, 5.41) is 12.0. The van der Waals surface area contributed by atoms with Gasteiger partial charge in [-0.15, -0.1) is 0 Å². The van der Waals surface area contributed by atoms with Crippen LogP contribution in [0.1, 0.15) is 24.8 Å². The smallest absolute Gasteiger partial charge is 0.237 e. The third-order valence-corrected chi connectivity index (χ3v) is 10.3. The molecule has 2 saturated heterocycles. The van der Waals surface area contributed by atoms with E-state index < -0.39 is 5.41 Å². The lowest BCUT2D eigenvalue weighted by atomic mass is 9.85. The molecule has 13 heteroatoms. The monoisotopic (exact) mass is 673 g/mol. The van der Waals surface area contributed by atoms with Crippen molar-refractivity contribution in [2.45, 2.75) is 19.3 Å². The van der Waals surface area contributed by atoms with E-state index in [1.54, 1.807) is 30.1 Å². The molecule has 0 bridgehead atoms. The van der Waals surface area contributed by atoms with Crippen LogP contribution in [-0.2, 0) is 16.6 Å². The maximum atomic E-state index is 14.0. The number of aromatic amines is 1. The highest BCUT2D eigenvalue weighted by molar-refractivity contribution is 6.01. The number of aromatic nitrogens is 6. The molecule has 0 radical (unpaired) electrons. The molecular formula is C37H39N9O4. The van der Waals surface area contributed by atoms with E-state index in [0.717, 1.165) is 48.0 Å². The van der Waals surface area contributed by atoms with Crippen LogP contribution in [0.3, 0.4) is 0 Å². The quantitative estimate of drug-likeness (QED) is 0.258. The van der Waals surface area contributed by atoms with Gasteiger partial charge in [0.15, 0.2) is 17.3 Å². The van der Waals surface area contributed by atoms with Gasteiger partial charge in [0.2, 0.25) is 11.8 Å². The molecule has 2 aromatic carbocycles. The van der Waals surface area contributed by atoms with Crippen molar-refractivity contribution in [2.24, 2.45) is 12.5 Å². The zero-order valence-electron chi connectivity index (χ0n) is 28.4. The van der Waals surface area contributed by atoms with E-state index >= 15 is 0 Å². The fraction of sp³-hybridized carbons (Fsp3) is 0.351. The van der Waals surface area contributed by atoms with Crippen LogP contribution < -0.4 is 14.4 Å². The lowest BCUT2D eigenvalue weighted by Gasteiger charge is -2.29. The second-order valence-electron chi connectivity index (χ2n) is 13.3. The number of hydrogen-bond acceptors (Lipinski definition) is 9. The first kappa shape index (κ1) is 31.7. The molecule has 0 saturated carbocycles. The number of nitrogens with one attached hydrogen (secondary N) is 1. The number of fused-ring (bicyclic) bond motifs is 1. The Labute approximate surface area is 289 Å². The zero-order chi connectivity index (χ0) is 34.4. The fourth-order valence-corrected chi connectivity index (χ4v) is 7.49. The first-order valence-corrected chi connectivity index (χ1v) is 16.9. The van der Waals surface area contributed by atoms with Crippen LogP contribution in [0.2, 0.25) is 0 Å². The molecule has 256 valence electrons. The highest BCUT2D eigenvalue weighted by Crippen LogP contribution is 2.43. The van der Waals surface area contributed by atoms with Crippen LogP contribution in [0, 0.1) is 5.41 Å². The molecule has 1 atom stereocenters. The molecule has 13 nitrogen and oxygen atoms in total. The average Bonchev–Trinajstić information content (AvgIpc) is 3.95. The van der Waals surface area contributed by atoms with E-state index in [0.29, 0.717) is 67.1 Å². The number of ether oxygens (including phenoxy) is 2. The van der Waals surface area contributed by atoms with Crippen molar-refractivity contribution in [1.82, 2.24) is 39.7 Å². The van der Waals surface area contributed by atoms with Crippen molar-refractivity contribution in [2.75, 3.05) is 58.4 Å². The van der Waals surface area contributed by atoms with Crippen molar-refractivity contribution in [3.05, 3.63) is 72.6 Å². The normalized spacial score (nSPS) is 19.5. The summed E-state index contributed by atoms with van der Waals surface area (Å²) >= 11 is 0. The number of hydrogen-bond donors (Lipinski definition) is 1. The maximum absolute atomic E-state index is 14.0. The number of carbonyl (C=O) groups is 2. The van der Waals surface area contributed by atoms with Gasteiger partial charge in [-0.2, -0.15) is 10.2 Å². The number of rotatable bonds is 8. The molecule has 1 spiro atoms. The summed E-state index contributed by atoms with van der Waals surface area (Å²) in [6.07, 6.45) is 6.11. The number of anilines is 1. The summed E-state index contributed by atoms with van der Waals surface area (Å²) in [6.45, 7) is 3.45.